The predicted octanol–water partition coefficient (Wildman–Crippen LogP) is -0.0511. The van der Waals surface area contributed by atoms with E-state index >= 15 is 0 Å². The molecule has 37 heavy (non-hydrogen) atoms. The second-order valence-corrected chi connectivity index (χ2v) is 9.03. The van der Waals surface area contributed by atoms with Gasteiger partial charge in [-0.1, -0.05) is 18.2 Å². The van der Waals surface area contributed by atoms with Gasteiger partial charge in [0.2, 0.25) is 17.7 Å². The fourth-order valence-electron chi connectivity index (χ4n) is 4.73. The van der Waals surface area contributed by atoms with Crippen LogP contribution in [-0.4, -0.2) is 80.7 Å². The SMILES string of the molecule is O=C[C@H](CC(=O)O)NC(=O)[C@@H]1CCCN2C(=O)CC[C@H](NC(=O)Cc3ccnc4ccccc34)C(=O)N12. The van der Waals surface area contributed by atoms with Crippen molar-refractivity contribution in [2.24, 2.45) is 0 Å². The van der Waals surface area contributed by atoms with Crippen LogP contribution in [0.15, 0.2) is 36.5 Å². The molecule has 3 N–H and O–H groups in total. The van der Waals surface area contributed by atoms with Crippen LogP contribution < -0.4 is 10.6 Å². The van der Waals surface area contributed by atoms with Crippen molar-refractivity contribution in [3.8, 4) is 0 Å². The fraction of sp³-hybridized carbons (Fsp3) is 0.400. The van der Waals surface area contributed by atoms with Crippen LogP contribution in [0.25, 0.3) is 10.9 Å². The monoisotopic (exact) mass is 509 g/mol. The Kier molecular flexibility index (Phi) is 7.75. The van der Waals surface area contributed by atoms with E-state index in [0.29, 0.717) is 12.7 Å². The van der Waals surface area contributed by atoms with Crippen LogP contribution in [0.3, 0.4) is 0 Å². The number of rotatable bonds is 8. The first-order chi connectivity index (χ1) is 17.8. The second-order valence-electron chi connectivity index (χ2n) is 9.03. The van der Waals surface area contributed by atoms with Gasteiger partial charge in [-0.25, -0.2) is 5.01 Å². The predicted molar refractivity (Wildman–Crippen MR) is 128 cm³/mol. The maximum absolute atomic E-state index is 13.5. The quantitative estimate of drug-likeness (QED) is 0.417. The molecule has 0 saturated carbocycles. The van der Waals surface area contributed by atoms with Gasteiger partial charge in [0.1, 0.15) is 18.4 Å². The van der Waals surface area contributed by atoms with E-state index in [-0.39, 0.29) is 38.1 Å². The normalized spacial score (nSPS) is 20.5. The first-order valence-corrected chi connectivity index (χ1v) is 12.0. The molecule has 0 aliphatic carbocycles. The van der Waals surface area contributed by atoms with Crippen molar-refractivity contribution < 1.29 is 33.9 Å². The number of hydrazine groups is 1. The fourth-order valence-corrected chi connectivity index (χ4v) is 4.73. The number of nitrogens with one attached hydrogen (secondary N) is 2. The van der Waals surface area contributed by atoms with Crippen LogP contribution in [-0.2, 0) is 35.2 Å². The van der Waals surface area contributed by atoms with E-state index in [1.165, 1.54) is 5.01 Å². The number of aliphatic carboxylic acids is 1. The van der Waals surface area contributed by atoms with Gasteiger partial charge in [0, 0.05) is 24.5 Å². The lowest BCUT2D eigenvalue weighted by Crippen LogP contribution is -2.64. The summed E-state index contributed by atoms with van der Waals surface area (Å²) in [6.45, 7) is 0.226. The van der Waals surface area contributed by atoms with Gasteiger partial charge in [-0.2, -0.15) is 0 Å². The molecule has 2 aliphatic heterocycles. The Hall–Kier alpha value is -4.35. The number of fused-ring (bicyclic) bond motifs is 2. The summed E-state index contributed by atoms with van der Waals surface area (Å²) in [5.41, 5.74) is 1.47. The van der Waals surface area contributed by atoms with Crippen molar-refractivity contribution in [1.82, 2.24) is 25.6 Å². The molecule has 2 saturated heterocycles. The third kappa shape index (κ3) is 5.74. The summed E-state index contributed by atoms with van der Waals surface area (Å²) in [4.78, 5) is 78.8. The molecule has 3 atom stereocenters. The molecule has 2 fully saturated rings. The number of nitrogens with zero attached hydrogens (tertiary/aromatic N) is 3. The minimum atomic E-state index is -1.27. The molecular weight excluding hydrogens is 482 g/mol. The van der Waals surface area contributed by atoms with Crippen LogP contribution in [0.5, 0.6) is 0 Å². The lowest BCUT2D eigenvalue weighted by molar-refractivity contribution is -0.176. The molecule has 0 radical (unpaired) electrons. The van der Waals surface area contributed by atoms with Gasteiger partial charge in [-0.3, -0.25) is 34.0 Å². The summed E-state index contributed by atoms with van der Waals surface area (Å²) in [7, 11) is 0. The number of carbonyl (C=O) groups excluding carboxylic acids is 5. The van der Waals surface area contributed by atoms with E-state index in [1.807, 2.05) is 24.3 Å². The summed E-state index contributed by atoms with van der Waals surface area (Å²) >= 11 is 0. The highest BCUT2D eigenvalue weighted by Crippen LogP contribution is 2.25. The topological polar surface area (TPSA) is 166 Å². The summed E-state index contributed by atoms with van der Waals surface area (Å²) < 4.78 is 0. The Bertz CT molecular complexity index is 1240. The molecule has 4 amide bonds. The number of aldehydes is 1. The lowest BCUT2D eigenvalue weighted by Gasteiger charge is -2.43. The van der Waals surface area contributed by atoms with Gasteiger partial charge in [-0.15, -0.1) is 0 Å². The summed E-state index contributed by atoms with van der Waals surface area (Å²) in [6.07, 6.45) is 2.01. The Morgan fingerprint density at radius 2 is 1.95 bits per heavy atom. The molecule has 2 aromatic rings. The Labute approximate surface area is 212 Å². The molecule has 2 aliphatic rings. The van der Waals surface area contributed by atoms with Crippen LogP contribution >= 0.6 is 0 Å². The number of para-hydroxylation sites is 1. The molecule has 4 rings (SSSR count). The zero-order chi connectivity index (χ0) is 26.5. The zero-order valence-corrected chi connectivity index (χ0v) is 20.0. The number of carbonyl (C=O) groups is 6. The van der Waals surface area contributed by atoms with Crippen molar-refractivity contribution >= 4 is 46.8 Å². The molecule has 1 aromatic carbocycles. The van der Waals surface area contributed by atoms with Crippen LogP contribution in [0.2, 0.25) is 0 Å². The van der Waals surface area contributed by atoms with Crippen LogP contribution in [0.1, 0.15) is 37.7 Å². The first kappa shape index (κ1) is 25.7. The Morgan fingerprint density at radius 1 is 1.16 bits per heavy atom. The third-order valence-corrected chi connectivity index (χ3v) is 6.48. The number of carboxylic acid groups (broad SMARTS) is 1. The zero-order valence-electron chi connectivity index (χ0n) is 20.0. The standard InChI is InChI=1S/C25H27N5O7/c31-14-16(13-23(34)35)27-24(36)20-6-3-11-29-22(33)8-7-19(25(37)30(20)29)28-21(32)12-15-9-10-26-18-5-2-1-4-17(15)18/h1-2,4-5,9-10,14,16,19-20H,3,6-8,11-13H2,(H,27,36)(H,28,32)(H,34,35)/t16-,19-,20-/m0/s1. The Morgan fingerprint density at radius 3 is 2.70 bits per heavy atom. The number of pyridine rings is 1. The van der Waals surface area contributed by atoms with Crippen molar-refractivity contribution in [3.05, 3.63) is 42.1 Å². The molecule has 12 nitrogen and oxygen atoms in total. The number of aromatic nitrogens is 1. The van der Waals surface area contributed by atoms with Crippen molar-refractivity contribution in [1.29, 1.82) is 0 Å². The highest BCUT2D eigenvalue weighted by Gasteiger charge is 2.44. The van der Waals surface area contributed by atoms with Gasteiger partial charge in [0.15, 0.2) is 0 Å². The number of benzene rings is 1. The maximum atomic E-state index is 13.5. The molecule has 0 spiro atoms. The maximum Gasteiger partial charge on any atom is 0.305 e. The number of amides is 4. The van der Waals surface area contributed by atoms with E-state index in [2.05, 4.69) is 15.6 Å². The molecule has 0 bridgehead atoms. The summed E-state index contributed by atoms with van der Waals surface area (Å²) in [6, 6.07) is 5.67. The molecule has 3 heterocycles. The highest BCUT2D eigenvalue weighted by atomic mass is 16.4. The van der Waals surface area contributed by atoms with Crippen molar-refractivity contribution in [3.63, 3.8) is 0 Å². The smallest absolute Gasteiger partial charge is 0.305 e. The van der Waals surface area contributed by atoms with Crippen molar-refractivity contribution in [2.45, 2.75) is 56.7 Å². The van der Waals surface area contributed by atoms with Gasteiger partial charge in [0.05, 0.1) is 24.4 Å². The molecule has 1 aromatic heterocycles. The number of hydrogen-bond donors (Lipinski definition) is 3. The molecule has 12 heteroatoms. The third-order valence-electron chi connectivity index (χ3n) is 6.48. The van der Waals surface area contributed by atoms with Crippen molar-refractivity contribution in [2.75, 3.05) is 6.54 Å². The minimum Gasteiger partial charge on any atom is -0.481 e. The average molecular weight is 510 g/mol. The van der Waals surface area contributed by atoms with Crippen LogP contribution in [0, 0.1) is 0 Å². The molecular formula is C25H27N5O7. The van der Waals surface area contributed by atoms with Crippen LogP contribution in [0.4, 0.5) is 0 Å². The second kappa shape index (κ2) is 11.1. The summed E-state index contributed by atoms with van der Waals surface area (Å²) in [5.74, 6) is -3.40. The summed E-state index contributed by atoms with van der Waals surface area (Å²) in [5, 5.41) is 17.1. The highest BCUT2D eigenvalue weighted by molar-refractivity contribution is 5.96. The molecule has 0 unspecified atom stereocenters. The van der Waals surface area contributed by atoms with E-state index < -0.39 is 48.2 Å². The molecule has 194 valence electrons. The van der Waals surface area contributed by atoms with E-state index in [4.69, 9.17) is 5.11 Å². The van der Waals surface area contributed by atoms with Gasteiger partial charge < -0.3 is 20.5 Å². The minimum absolute atomic E-state index is 0.00428. The van der Waals surface area contributed by atoms with Gasteiger partial charge >= 0.3 is 5.97 Å². The largest absolute Gasteiger partial charge is 0.481 e. The van der Waals surface area contributed by atoms with Gasteiger partial charge in [0.25, 0.3) is 5.91 Å². The number of carboxylic acids is 1. The lowest BCUT2D eigenvalue weighted by atomic mass is 10.0. The number of hydrogen-bond acceptors (Lipinski definition) is 7. The van der Waals surface area contributed by atoms with E-state index in [1.54, 1.807) is 12.3 Å². The first-order valence-electron chi connectivity index (χ1n) is 12.0. The van der Waals surface area contributed by atoms with E-state index in [0.717, 1.165) is 21.5 Å². The Balaban J connectivity index is 1.51. The van der Waals surface area contributed by atoms with E-state index in [9.17, 15) is 28.8 Å². The average Bonchev–Trinajstić information content (AvgIpc) is 3.00. The van der Waals surface area contributed by atoms with Gasteiger partial charge in [-0.05, 0) is 37.0 Å².